The van der Waals surface area contributed by atoms with E-state index in [-0.39, 0.29) is 42.8 Å². The van der Waals surface area contributed by atoms with Crippen molar-refractivity contribution in [3.63, 3.8) is 0 Å². The third-order valence-corrected chi connectivity index (χ3v) is 5.28. The highest BCUT2D eigenvalue weighted by atomic mass is 19.4. The van der Waals surface area contributed by atoms with E-state index in [0.29, 0.717) is 31.3 Å². The van der Waals surface area contributed by atoms with Gasteiger partial charge in [0.2, 0.25) is 5.95 Å². The highest BCUT2D eigenvalue weighted by Crippen LogP contribution is 2.35. The van der Waals surface area contributed by atoms with Gasteiger partial charge < -0.3 is 19.1 Å². The zero-order valence-electron chi connectivity index (χ0n) is 16.1. The lowest BCUT2D eigenvalue weighted by atomic mass is 10.1. The number of alkyl halides is 3. The van der Waals surface area contributed by atoms with Crippen LogP contribution in [0.1, 0.15) is 24.8 Å². The Labute approximate surface area is 164 Å². The molecule has 8 nitrogen and oxygen atoms in total. The van der Waals surface area contributed by atoms with Gasteiger partial charge in [-0.15, -0.1) is 0 Å². The molecule has 2 aliphatic rings. The van der Waals surface area contributed by atoms with Crippen molar-refractivity contribution < 1.29 is 22.4 Å². The standard InChI is InChI=1S/C18H22F3N5O3/c1-11-7-13(29-23-11)9-26-14(18(19,20)21)3-4-25-16(27)8-15(22-17(25)26)24-5-6-28-10-12(24)2/h7-8,12,14H,3-6,9-10H2,1-2H3/t12-,14+/m1/s1. The van der Waals surface area contributed by atoms with E-state index in [9.17, 15) is 18.0 Å². The highest BCUT2D eigenvalue weighted by molar-refractivity contribution is 5.47. The van der Waals surface area contributed by atoms with Crippen LogP contribution in [0.3, 0.4) is 0 Å². The predicted molar refractivity (Wildman–Crippen MR) is 98.0 cm³/mol. The molecule has 0 N–H and O–H groups in total. The van der Waals surface area contributed by atoms with E-state index < -0.39 is 12.2 Å². The van der Waals surface area contributed by atoms with Gasteiger partial charge in [0, 0.05) is 25.2 Å². The van der Waals surface area contributed by atoms with Crippen molar-refractivity contribution in [1.29, 1.82) is 0 Å². The van der Waals surface area contributed by atoms with Crippen LogP contribution in [0.4, 0.5) is 24.9 Å². The van der Waals surface area contributed by atoms with Crippen molar-refractivity contribution in [3.8, 4) is 0 Å². The molecule has 0 bridgehead atoms. The Hall–Kier alpha value is -2.56. The number of ether oxygens (including phenoxy) is 1. The van der Waals surface area contributed by atoms with Crippen molar-refractivity contribution >= 4 is 11.8 Å². The van der Waals surface area contributed by atoms with Gasteiger partial charge in [0.15, 0.2) is 5.76 Å². The lowest BCUT2D eigenvalue weighted by molar-refractivity contribution is -0.153. The Bertz CT molecular complexity index is 942. The molecule has 0 saturated carbocycles. The largest absolute Gasteiger partial charge is 0.408 e. The van der Waals surface area contributed by atoms with Gasteiger partial charge in [-0.3, -0.25) is 9.36 Å². The summed E-state index contributed by atoms with van der Waals surface area (Å²) in [5.74, 6) is 0.636. The summed E-state index contributed by atoms with van der Waals surface area (Å²) < 4.78 is 53.2. The van der Waals surface area contributed by atoms with E-state index in [1.165, 1.54) is 10.6 Å². The molecular formula is C18H22F3N5O3. The van der Waals surface area contributed by atoms with Crippen LogP contribution < -0.4 is 15.4 Å². The second-order valence-corrected chi connectivity index (χ2v) is 7.43. The van der Waals surface area contributed by atoms with Crippen LogP contribution in [0.15, 0.2) is 21.5 Å². The summed E-state index contributed by atoms with van der Waals surface area (Å²) in [6, 6.07) is 1.16. The first-order valence-corrected chi connectivity index (χ1v) is 9.46. The molecule has 0 amide bonds. The fourth-order valence-electron chi connectivity index (χ4n) is 3.85. The molecule has 0 radical (unpaired) electrons. The summed E-state index contributed by atoms with van der Waals surface area (Å²) in [7, 11) is 0. The Kier molecular flexibility index (Phi) is 5.01. The number of nitrogens with zero attached hydrogens (tertiary/aromatic N) is 5. The number of halogens is 3. The van der Waals surface area contributed by atoms with E-state index in [0.717, 1.165) is 4.90 Å². The Morgan fingerprint density at radius 2 is 2.07 bits per heavy atom. The smallest absolute Gasteiger partial charge is 0.377 e. The minimum atomic E-state index is -4.47. The molecule has 2 aromatic rings. The van der Waals surface area contributed by atoms with Crippen LogP contribution in [0, 0.1) is 6.92 Å². The van der Waals surface area contributed by atoms with Gasteiger partial charge in [0.1, 0.15) is 11.9 Å². The van der Waals surface area contributed by atoms with Crippen molar-refractivity contribution in [2.24, 2.45) is 0 Å². The number of aromatic nitrogens is 3. The molecule has 0 aromatic carbocycles. The molecule has 2 aromatic heterocycles. The third-order valence-electron chi connectivity index (χ3n) is 5.28. The van der Waals surface area contributed by atoms with Crippen LogP contribution in [-0.2, 0) is 17.8 Å². The summed E-state index contributed by atoms with van der Waals surface area (Å²) in [6.45, 7) is 4.84. The molecule has 1 fully saturated rings. The van der Waals surface area contributed by atoms with Gasteiger partial charge in [-0.05, 0) is 20.3 Å². The maximum absolute atomic E-state index is 13.8. The SMILES string of the molecule is Cc1cc(CN2c3nc(N4CCOC[C@H]4C)cc(=O)n3CC[C@H]2C(F)(F)F)on1. The highest BCUT2D eigenvalue weighted by Gasteiger charge is 2.47. The summed E-state index contributed by atoms with van der Waals surface area (Å²) in [6.07, 6.45) is -4.71. The number of aryl methyl sites for hydroxylation is 1. The quantitative estimate of drug-likeness (QED) is 0.763. The molecule has 29 heavy (non-hydrogen) atoms. The average molecular weight is 413 g/mol. The Morgan fingerprint density at radius 3 is 2.72 bits per heavy atom. The molecule has 4 heterocycles. The van der Waals surface area contributed by atoms with Crippen LogP contribution in [-0.4, -0.2) is 52.7 Å². The van der Waals surface area contributed by atoms with E-state index in [4.69, 9.17) is 9.26 Å². The maximum Gasteiger partial charge on any atom is 0.408 e. The van der Waals surface area contributed by atoms with Crippen LogP contribution >= 0.6 is 0 Å². The summed E-state index contributed by atoms with van der Waals surface area (Å²) >= 11 is 0. The minimum absolute atomic E-state index is 0.00572. The number of hydrogen-bond acceptors (Lipinski definition) is 7. The van der Waals surface area contributed by atoms with Crippen molar-refractivity contribution in [2.75, 3.05) is 29.6 Å². The average Bonchev–Trinajstić information content (AvgIpc) is 3.06. The first-order valence-electron chi connectivity index (χ1n) is 9.46. The summed E-state index contributed by atoms with van der Waals surface area (Å²) in [5.41, 5.74) is 0.199. The molecule has 158 valence electrons. The van der Waals surface area contributed by atoms with E-state index in [1.807, 2.05) is 11.8 Å². The molecular weight excluding hydrogens is 391 g/mol. The molecule has 0 unspecified atom stereocenters. The monoisotopic (exact) mass is 413 g/mol. The topological polar surface area (TPSA) is 76.6 Å². The lowest BCUT2D eigenvalue weighted by Gasteiger charge is -2.40. The molecule has 11 heteroatoms. The Balaban J connectivity index is 1.78. The van der Waals surface area contributed by atoms with Gasteiger partial charge in [-0.2, -0.15) is 18.2 Å². The van der Waals surface area contributed by atoms with Crippen LogP contribution in [0.5, 0.6) is 0 Å². The number of morpholine rings is 1. The molecule has 2 aliphatic heterocycles. The second-order valence-electron chi connectivity index (χ2n) is 7.43. The molecule has 0 spiro atoms. The number of hydrogen-bond donors (Lipinski definition) is 0. The molecule has 2 atom stereocenters. The van der Waals surface area contributed by atoms with E-state index in [1.54, 1.807) is 13.0 Å². The number of rotatable bonds is 3. The minimum Gasteiger partial charge on any atom is -0.377 e. The Morgan fingerprint density at radius 1 is 1.28 bits per heavy atom. The zero-order chi connectivity index (χ0) is 20.8. The van der Waals surface area contributed by atoms with E-state index in [2.05, 4.69) is 10.1 Å². The lowest BCUT2D eigenvalue weighted by Crippen LogP contribution is -2.52. The predicted octanol–water partition coefficient (Wildman–Crippen LogP) is 2.11. The van der Waals surface area contributed by atoms with Crippen LogP contribution in [0.2, 0.25) is 0 Å². The fourth-order valence-corrected chi connectivity index (χ4v) is 3.85. The fraction of sp³-hybridized carbons (Fsp3) is 0.611. The van der Waals surface area contributed by atoms with Crippen LogP contribution in [0.25, 0.3) is 0 Å². The van der Waals surface area contributed by atoms with Gasteiger partial charge in [0.05, 0.1) is 31.5 Å². The van der Waals surface area contributed by atoms with Gasteiger partial charge in [0.25, 0.3) is 5.56 Å². The summed E-state index contributed by atoms with van der Waals surface area (Å²) in [4.78, 5) is 20.2. The third kappa shape index (κ3) is 3.83. The zero-order valence-corrected chi connectivity index (χ0v) is 16.1. The number of fused-ring (bicyclic) bond motifs is 1. The first kappa shape index (κ1) is 19.7. The molecule has 0 aliphatic carbocycles. The van der Waals surface area contributed by atoms with Gasteiger partial charge in [-0.25, -0.2) is 0 Å². The van der Waals surface area contributed by atoms with Gasteiger partial charge in [-0.1, -0.05) is 5.16 Å². The van der Waals surface area contributed by atoms with Crippen molar-refractivity contribution in [2.45, 2.75) is 51.6 Å². The summed E-state index contributed by atoms with van der Waals surface area (Å²) in [5, 5.41) is 3.75. The molecule has 4 rings (SSSR count). The van der Waals surface area contributed by atoms with Crippen molar-refractivity contribution in [3.05, 3.63) is 33.9 Å². The first-order chi connectivity index (χ1) is 13.7. The maximum atomic E-state index is 13.8. The normalized spacial score (nSPS) is 22.7. The van der Waals surface area contributed by atoms with Gasteiger partial charge >= 0.3 is 6.18 Å². The second kappa shape index (κ2) is 7.36. The van der Waals surface area contributed by atoms with Crippen molar-refractivity contribution in [1.82, 2.24) is 14.7 Å². The number of anilines is 2. The van der Waals surface area contributed by atoms with E-state index >= 15 is 0 Å². The molecule has 1 saturated heterocycles.